The average Bonchev–Trinajstić information content (AvgIpc) is 2.35. The smallest absolute Gasteiger partial charge is 0.416 e. The molecule has 0 heterocycles. The molecule has 0 N–H and O–H groups in total. The Morgan fingerprint density at radius 3 is 2.10 bits per heavy atom. The van der Waals surface area contributed by atoms with Gasteiger partial charge in [-0.2, -0.15) is 13.2 Å². The third-order valence-electron chi connectivity index (χ3n) is 2.44. The molecule has 0 fully saturated rings. The molecule has 1 rings (SSSR count). The van der Waals surface area contributed by atoms with Crippen LogP contribution in [-0.4, -0.2) is 12.1 Å². The third kappa shape index (κ3) is 4.08. The SMILES string of the molecule is C=C(C(=O)OC(C)C)C(F)c1ccc(C(F)(F)F)cc1. The van der Waals surface area contributed by atoms with E-state index in [1.165, 1.54) is 0 Å². The highest BCUT2D eigenvalue weighted by Crippen LogP contribution is 2.32. The molecule has 1 aromatic carbocycles. The quantitative estimate of drug-likeness (QED) is 0.471. The molecule has 6 heteroatoms. The van der Waals surface area contributed by atoms with E-state index < -0.39 is 35.6 Å². The second-order valence-electron chi connectivity index (χ2n) is 4.46. The van der Waals surface area contributed by atoms with Crippen molar-refractivity contribution in [1.82, 2.24) is 0 Å². The summed E-state index contributed by atoms with van der Waals surface area (Å²) in [5, 5.41) is 0. The molecule has 1 atom stereocenters. The van der Waals surface area contributed by atoms with Crippen LogP contribution < -0.4 is 0 Å². The van der Waals surface area contributed by atoms with Crippen LogP contribution in [0.3, 0.4) is 0 Å². The number of benzene rings is 1. The highest BCUT2D eigenvalue weighted by molar-refractivity contribution is 5.89. The van der Waals surface area contributed by atoms with Gasteiger partial charge in [0.1, 0.15) is 0 Å². The van der Waals surface area contributed by atoms with Gasteiger partial charge in [-0.3, -0.25) is 0 Å². The van der Waals surface area contributed by atoms with Gasteiger partial charge in [0, 0.05) is 0 Å². The Bertz CT molecular complexity index is 489. The van der Waals surface area contributed by atoms with E-state index in [1.54, 1.807) is 13.8 Å². The highest BCUT2D eigenvalue weighted by Gasteiger charge is 2.31. The molecule has 1 aromatic rings. The van der Waals surface area contributed by atoms with Gasteiger partial charge in [-0.1, -0.05) is 18.7 Å². The molecule has 0 saturated heterocycles. The molecule has 0 spiro atoms. The number of halogens is 4. The van der Waals surface area contributed by atoms with Crippen molar-refractivity contribution >= 4 is 5.97 Å². The van der Waals surface area contributed by atoms with Crippen molar-refractivity contribution < 1.29 is 27.1 Å². The van der Waals surface area contributed by atoms with E-state index in [0.29, 0.717) is 0 Å². The number of alkyl halides is 4. The van der Waals surface area contributed by atoms with E-state index in [2.05, 4.69) is 6.58 Å². The molecule has 0 aliphatic rings. The Kier molecular flexibility index (Phi) is 4.92. The first kappa shape index (κ1) is 16.2. The summed E-state index contributed by atoms with van der Waals surface area (Å²) in [6, 6.07) is 3.45. The zero-order chi connectivity index (χ0) is 15.5. The van der Waals surface area contributed by atoms with Crippen molar-refractivity contribution in [3.8, 4) is 0 Å². The number of hydrogen-bond acceptors (Lipinski definition) is 2. The van der Waals surface area contributed by atoms with E-state index in [4.69, 9.17) is 4.74 Å². The standard InChI is InChI=1S/C14H14F4O2/c1-8(2)20-13(19)9(3)12(15)10-4-6-11(7-5-10)14(16,17)18/h4-8,12H,3H2,1-2H3. The van der Waals surface area contributed by atoms with Gasteiger partial charge < -0.3 is 4.74 Å². The van der Waals surface area contributed by atoms with E-state index in [1.807, 2.05) is 0 Å². The van der Waals surface area contributed by atoms with Gasteiger partial charge >= 0.3 is 12.1 Å². The topological polar surface area (TPSA) is 26.3 Å². The molecule has 0 radical (unpaired) electrons. The molecule has 0 saturated carbocycles. The van der Waals surface area contributed by atoms with E-state index in [-0.39, 0.29) is 5.56 Å². The van der Waals surface area contributed by atoms with Crippen molar-refractivity contribution in [1.29, 1.82) is 0 Å². The third-order valence-corrected chi connectivity index (χ3v) is 2.44. The summed E-state index contributed by atoms with van der Waals surface area (Å²) >= 11 is 0. The van der Waals surface area contributed by atoms with Crippen molar-refractivity contribution in [3.05, 3.63) is 47.5 Å². The fraction of sp³-hybridized carbons (Fsp3) is 0.357. The lowest BCUT2D eigenvalue weighted by Gasteiger charge is -2.14. The van der Waals surface area contributed by atoms with Crippen LogP contribution in [0.2, 0.25) is 0 Å². The van der Waals surface area contributed by atoms with Crippen LogP contribution in [0.25, 0.3) is 0 Å². The minimum absolute atomic E-state index is 0.0799. The maximum absolute atomic E-state index is 14.0. The summed E-state index contributed by atoms with van der Waals surface area (Å²) in [5.41, 5.74) is -1.41. The molecule has 1 unspecified atom stereocenters. The van der Waals surface area contributed by atoms with Gasteiger partial charge in [0.25, 0.3) is 0 Å². The van der Waals surface area contributed by atoms with Crippen LogP contribution in [0.4, 0.5) is 17.6 Å². The van der Waals surface area contributed by atoms with Crippen molar-refractivity contribution in [2.75, 3.05) is 0 Å². The molecule has 0 aromatic heterocycles. The Labute approximate surface area is 114 Å². The van der Waals surface area contributed by atoms with E-state index in [9.17, 15) is 22.4 Å². The zero-order valence-corrected chi connectivity index (χ0v) is 11.0. The van der Waals surface area contributed by atoms with Gasteiger partial charge in [0.2, 0.25) is 0 Å². The second-order valence-corrected chi connectivity index (χ2v) is 4.46. The number of rotatable bonds is 4. The van der Waals surface area contributed by atoms with Crippen molar-refractivity contribution in [3.63, 3.8) is 0 Å². The number of esters is 1. The fourth-order valence-electron chi connectivity index (χ4n) is 1.44. The number of hydrogen-bond donors (Lipinski definition) is 0. The Balaban J connectivity index is 2.85. The molecule has 20 heavy (non-hydrogen) atoms. The number of carbonyl (C=O) groups excluding carboxylic acids is 1. The minimum Gasteiger partial charge on any atom is -0.460 e. The molecule has 0 amide bonds. The molecule has 0 aliphatic carbocycles. The van der Waals surface area contributed by atoms with Gasteiger partial charge in [0.05, 0.1) is 17.2 Å². The summed E-state index contributed by atoms with van der Waals surface area (Å²) < 4.78 is 55.8. The van der Waals surface area contributed by atoms with Crippen LogP contribution in [0.15, 0.2) is 36.4 Å². The number of ether oxygens (including phenoxy) is 1. The van der Waals surface area contributed by atoms with Gasteiger partial charge in [-0.25, -0.2) is 9.18 Å². The maximum atomic E-state index is 14.0. The van der Waals surface area contributed by atoms with Gasteiger partial charge in [0.15, 0.2) is 6.17 Å². The maximum Gasteiger partial charge on any atom is 0.416 e. The fourth-order valence-corrected chi connectivity index (χ4v) is 1.44. The predicted molar refractivity (Wildman–Crippen MR) is 65.7 cm³/mol. The average molecular weight is 290 g/mol. The summed E-state index contributed by atoms with van der Waals surface area (Å²) in [7, 11) is 0. The molecule has 2 nitrogen and oxygen atoms in total. The monoisotopic (exact) mass is 290 g/mol. The summed E-state index contributed by atoms with van der Waals surface area (Å²) in [4.78, 5) is 11.5. The first-order chi connectivity index (χ1) is 9.12. The first-order valence-electron chi connectivity index (χ1n) is 5.84. The van der Waals surface area contributed by atoms with E-state index in [0.717, 1.165) is 24.3 Å². The van der Waals surface area contributed by atoms with Gasteiger partial charge in [-0.05, 0) is 31.5 Å². The van der Waals surface area contributed by atoms with Gasteiger partial charge in [-0.15, -0.1) is 0 Å². The lowest BCUT2D eigenvalue weighted by molar-refractivity contribution is -0.143. The number of carbonyl (C=O) groups is 1. The largest absolute Gasteiger partial charge is 0.460 e. The Morgan fingerprint density at radius 2 is 1.70 bits per heavy atom. The Hall–Kier alpha value is -1.85. The van der Waals surface area contributed by atoms with Crippen LogP contribution in [0.1, 0.15) is 31.1 Å². The lowest BCUT2D eigenvalue weighted by Crippen LogP contribution is -2.16. The molecule has 0 bridgehead atoms. The van der Waals surface area contributed by atoms with Crippen LogP contribution in [-0.2, 0) is 15.7 Å². The van der Waals surface area contributed by atoms with E-state index >= 15 is 0 Å². The summed E-state index contributed by atoms with van der Waals surface area (Å²) in [6.07, 6.45) is -6.82. The lowest BCUT2D eigenvalue weighted by atomic mass is 10.0. The molecular formula is C14H14F4O2. The van der Waals surface area contributed by atoms with Crippen LogP contribution in [0.5, 0.6) is 0 Å². The van der Waals surface area contributed by atoms with Crippen LogP contribution in [0, 0.1) is 0 Å². The minimum atomic E-state index is -4.49. The van der Waals surface area contributed by atoms with Crippen LogP contribution >= 0.6 is 0 Å². The highest BCUT2D eigenvalue weighted by atomic mass is 19.4. The van der Waals surface area contributed by atoms with Crippen molar-refractivity contribution in [2.24, 2.45) is 0 Å². The second kappa shape index (κ2) is 6.07. The molecule has 110 valence electrons. The molecule has 0 aliphatic heterocycles. The normalized spacial score (nSPS) is 13.2. The Morgan fingerprint density at radius 1 is 1.20 bits per heavy atom. The zero-order valence-electron chi connectivity index (χ0n) is 11.0. The molecular weight excluding hydrogens is 276 g/mol. The predicted octanol–water partition coefficient (Wildman–Crippen LogP) is 4.22. The van der Waals surface area contributed by atoms with Crippen molar-refractivity contribution in [2.45, 2.75) is 32.3 Å². The first-order valence-corrected chi connectivity index (χ1v) is 5.84. The summed E-state index contributed by atoms with van der Waals surface area (Å²) in [5.74, 6) is -0.910. The summed E-state index contributed by atoms with van der Waals surface area (Å²) in [6.45, 7) is 6.47.